The van der Waals surface area contributed by atoms with Crippen molar-refractivity contribution in [3.8, 4) is 17.3 Å². The molecule has 130 valence electrons. The average Bonchev–Trinajstić information content (AvgIpc) is 3.13. The maximum absolute atomic E-state index is 5.78. The number of nitrogens with zero attached hydrogens (tertiary/aromatic N) is 3. The van der Waals surface area contributed by atoms with Gasteiger partial charge in [-0.15, -0.1) is 0 Å². The van der Waals surface area contributed by atoms with Crippen molar-refractivity contribution in [2.75, 3.05) is 6.61 Å². The largest absolute Gasteiger partial charge is 0.477 e. The highest BCUT2D eigenvalue weighted by Crippen LogP contribution is 2.35. The second-order valence-electron chi connectivity index (χ2n) is 6.71. The van der Waals surface area contributed by atoms with E-state index < -0.39 is 0 Å². The van der Waals surface area contributed by atoms with Gasteiger partial charge in [0.15, 0.2) is 0 Å². The van der Waals surface area contributed by atoms with Gasteiger partial charge in [-0.3, -0.25) is 0 Å². The summed E-state index contributed by atoms with van der Waals surface area (Å²) in [4.78, 5) is 9.40. The van der Waals surface area contributed by atoms with Crippen LogP contribution in [-0.4, -0.2) is 21.7 Å². The highest BCUT2D eigenvalue weighted by atomic mass is 16.5. The lowest BCUT2D eigenvalue weighted by atomic mass is 9.89. The number of fused-ring (bicyclic) bond motifs is 1. The van der Waals surface area contributed by atoms with Crippen LogP contribution in [0.3, 0.4) is 0 Å². The monoisotopic (exact) mass is 337 g/mol. The van der Waals surface area contributed by atoms with Crippen LogP contribution >= 0.6 is 0 Å². The number of hydrogen-bond donors (Lipinski definition) is 0. The summed E-state index contributed by atoms with van der Waals surface area (Å²) in [6, 6.07) is 8.19. The Labute approximate surface area is 147 Å². The van der Waals surface area contributed by atoms with Crippen LogP contribution in [0.2, 0.25) is 0 Å². The summed E-state index contributed by atoms with van der Waals surface area (Å²) in [5.41, 5.74) is 2.87. The maximum Gasteiger partial charge on any atom is 0.230 e. The molecule has 25 heavy (non-hydrogen) atoms. The van der Waals surface area contributed by atoms with Gasteiger partial charge in [0.05, 0.1) is 17.7 Å². The Hall–Kier alpha value is -2.43. The van der Waals surface area contributed by atoms with Crippen LogP contribution in [0.4, 0.5) is 0 Å². The van der Waals surface area contributed by atoms with E-state index in [-0.39, 0.29) is 0 Å². The van der Waals surface area contributed by atoms with Crippen LogP contribution in [-0.2, 0) is 0 Å². The Bertz CT molecular complexity index is 882. The van der Waals surface area contributed by atoms with Gasteiger partial charge in [-0.05, 0) is 38.3 Å². The fourth-order valence-corrected chi connectivity index (χ4v) is 3.60. The van der Waals surface area contributed by atoms with Crippen molar-refractivity contribution >= 4 is 10.9 Å². The van der Waals surface area contributed by atoms with Gasteiger partial charge in [0.2, 0.25) is 17.6 Å². The Morgan fingerprint density at radius 2 is 2.00 bits per heavy atom. The van der Waals surface area contributed by atoms with Crippen molar-refractivity contribution in [1.82, 2.24) is 15.1 Å². The molecule has 1 fully saturated rings. The molecule has 1 aromatic carbocycles. The fraction of sp³-hybridized carbons (Fsp3) is 0.450. The highest BCUT2D eigenvalue weighted by molar-refractivity contribution is 5.87. The van der Waals surface area contributed by atoms with Crippen molar-refractivity contribution in [1.29, 1.82) is 0 Å². The molecule has 3 aromatic rings. The number of aryl methyl sites for hydroxylation is 1. The van der Waals surface area contributed by atoms with Crippen LogP contribution < -0.4 is 4.74 Å². The third-order valence-electron chi connectivity index (χ3n) is 4.93. The molecule has 1 saturated carbocycles. The van der Waals surface area contributed by atoms with E-state index in [4.69, 9.17) is 14.2 Å². The Kier molecular flexibility index (Phi) is 4.38. The Balaban J connectivity index is 1.77. The molecule has 0 aliphatic heterocycles. The second-order valence-corrected chi connectivity index (χ2v) is 6.71. The third kappa shape index (κ3) is 3.11. The van der Waals surface area contributed by atoms with Crippen molar-refractivity contribution in [3.63, 3.8) is 0 Å². The quantitative estimate of drug-likeness (QED) is 0.667. The fourth-order valence-electron chi connectivity index (χ4n) is 3.60. The molecule has 5 heteroatoms. The first-order chi connectivity index (χ1) is 12.3. The maximum atomic E-state index is 5.78. The lowest BCUT2D eigenvalue weighted by Gasteiger charge is -2.17. The highest BCUT2D eigenvalue weighted by Gasteiger charge is 2.23. The molecular weight excluding hydrogens is 314 g/mol. The van der Waals surface area contributed by atoms with Gasteiger partial charge >= 0.3 is 0 Å². The third-order valence-corrected chi connectivity index (χ3v) is 4.93. The van der Waals surface area contributed by atoms with E-state index in [9.17, 15) is 0 Å². The van der Waals surface area contributed by atoms with Gasteiger partial charge < -0.3 is 9.26 Å². The topological polar surface area (TPSA) is 61.0 Å². The predicted octanol–water partition coefficient (Wildman–Crippen LogP) is 5.04. The van der Waals surface area contributed by atoms with E-state index in [0.29, 0.717) is 24.2 Å². The first-order valence-corrected chi connectivity index (χ1v) is 9.13. The molecule has 1 aliphatic rings. The SMILES string of the molecule is CCOc1nc2c(C)cccc2cc1-c1noc(C2CCCCC2)n1. The Morgan fingerprint density at radius 3 is 2.80 bits per heavy atom. The summed E-state index contributed by atoms with van der Waals surface area (Å²) in [5.74, 6) is 2.28. The predicted molar refractivity (Wildman–Crippen MR) is 96.8 cm³/mol. The van der Waals surface area contributed by atoms with Gasteiger partial charge in [-0.25, -0.2) is 4.98 Å². The molecule has 0 saturated heterocycles. The molecule has 2 heterocycles. The molecule has 0 bridgehead atoms. The number of pyridine rings is 1. The van der Waals surface area contributed by atoms with Gasteiger partial charge in [-0.1, -0.05) is 42.6 Å². The molecule has 0 radical (unpaired) electrons. The molecule has 1 aliphatic carbocycles. The summed E-state index contributed by atoms with van der Waals surface area (Å²) >= 11 is 0. The molecule has 0 unspecified atom stereocenters. The molecular formula is C20H23N3O2. The van der Waals surface area contributed by atoms with Crippen molar-refractivity contribution in [2.45, 2.75) is 51.9 Å². The zero-order chi connectivity index (χ0) is 17.2. The molecule has 0 atom stereocenters. The first kappa shape index (κ1) is 16.1. The lowest BCUT2D eigenvalue weighted by molar-refractivity contribution is 0.313. The summed E-state index contributed by atoms with van der Waals surface area (Å²) in [6.07, 6.45) is 6.05. The van der Waals surface area contributed by atoms with Gasteiger partial charge in [-0.2, -0.15) is 4.98 Å². The zero-order valence-electron chi connectivity index (χ0n) is 14.8. The van der Waals surface area contributed by atoms with Gasteiger partial charge in [0, 0.05) is 11.3 Å². The number of hydrogen-bond acceptors (Lipinski definition) is 5. The molecule has 2 aromatic heterocycles. The summed E-state index contributed by atoms with van der Waals surface area (Å²) in [7, 11) is 0. The molecule has 0 N–H and O–H groups in total. The van der Waals surface area contributed by atoms with Crippen molar-refractivity contribution < 1.29 is 9.26 Å². The van der Waals surface area contributed by atoms with Crippen LogP contribution in [0.15, 0.2) is 28.8 Å². The Morgan fingerprint density at radius 1 is 1.16 bits per heavy atom. The summed E-state index contributed by atoms with van der Waals surface area (Å²) < 4.78 is 11.4. The standard InChI is InChI=1S/C20H23N3O2/c1-3-24-20-16(12-15-11-7-8-13(2)17(15)21-20)18-22-19(25-23-18)14-9-5-4-6-10-14/h7-8,11-12,14H,3-6,9-10H2,1-2H3. The molecule has 0 spiro atoms. The van der Waals surface area contributed by atoms with E-state index >= 15 is 0 Å². The number of aromatic nitrogens is 3. The number of ether oxygens (including phenoxy) is 1. The number of rotatable bonds is 4. The van der Waals surface area contributed by atoms with Crippen LogP contribution in [0.1, 0.15) is 56.4 Å². The molecule has 4 rings (SSSR count). The van der Waals surface area contributed by atoms with Gasteiger partial charge in [0.1, 0.15) is 0 Å². The number of para-hydroxylation sites is 1. The van der Waals surface area contributed by atoms with Gasteiger partial charge in [0.25, 0.3) is 0 Å². The van der Waals surface area contributed by atoms with Crippen molar-refractivity contribution in [3.05, 3.63) is 35.7 Å². The molecule has 5 nitrogen and oxygen atoms in total. The molecule has 0 amide bonds. The van der Waals surface area contributed by atoms with Crippen LogP contribution in [0.5, 0.6) is 5.88 Å². The average molecular weight is 337 g/mol. The number of benzene rings is 1. The summed E-state index contributed by atoms with van der Waals surface area (Å²) in [5, 5.41) is 5.29. The van der Waals surface area contributed by atoms with E-state index in [1.807, 2.05) is 13.0 Å². The van der Waals surface area contributed by atoms with E-state index in [2.05, 4.69) is 35.3 Å². The second kappa shape index (κ2) is 6.82. The van der Waals surface area contributed by atoms with Crippen LogP contribution in [0.25, 0.3) is 22.3 Å². The van der Waals surface area contributed by atoms with Crippen molar-refractivity contribution in [2.24, 2.45) is 0 Å². The first-order valence-electron chi connectivity index (χ1n) is 9.13. The van der Waals surface area contributed by atoms with E-state index in [1.54, 1.807) is 0 Å². The lowest BCUT2D eigenvalue weighted by Crippen LogP contribution is -2.04. The zero-order valence-corrected chi connectivity index (χ0v) is 14.8. The smallest absolute Gasteiger partial charge is 0.230 e. The van der Waals surface area contributed by atoms with E-state index in [0.717, 1.165) is 40.8 Å². The minimum Gasteiger partial charge on any atom is -0.477 e. The minimum atomic E-state index is 0.390. The normalized spacial score (nSPS) is 15.6. The van der Waals surface area contributed by atoms with E-state index in [1.165, 1.54) is 19.3 Å². The van der Waals surface area contributed by atoms with Crippen LogP contribution in [0, 0.1) is 6.92 Å². The minimum absolute atomic E-state index is 0.390. The summed E-state index contributed by atoms with van der Waals surface area (Å²) in [6.45, 7) is 4.56.